The number of benzene rings is 2. The quantitative estimate of drug-likeness (QED) is 0.735. The van der Waals surface area contributed by atoms with Crippen LogP contribution in [0.2, 0.25) is 0 Å². The van der Waals surface area contributed by atoms with Gasteiger partial charge in [-0.15, -0.1) is 0 Å². The highest BCUT2D eigenvalue weighted by Crippen LogP contribution is 2.29. The molecule has 3 amide bonds. The molecule has 0 radical (unpaired) electrons. The van der Waals surface area contributed by atoms with Gasteiger partial charge in [-0.2, -0.15) is 0 Å². The first-order chi connectivity index (χ1) is 12.5. The fourth-order valence-corrected chi connectivity index (χ4v) is 2.77. The molecule has 1 aromatic heterocycles. The number of hydrogen-bond donors (Lipinski definition) is 1. The molecule has 2 heterocycles. The van der Waals surface area contributed by atoms with E-state index in [-0.39, 0.29) is 28.4 Å². The van der Waals surface area contributed by atoms with Gasteiger partial charge in [0, 0.05) is 17.3 Å². The highest BCUT2D eigenvalue weighted by Gasteiger charge is 2.38. The fourth-order valence-electron chi connectivity index (χ4n) is 2.77. The second-order valence-corrected chi connectivity index (χ2v) is 5.82. The Kier molecular flexibility index (Phi) is 3.62. The smallest absolute Gasteiger partial charge is 0.267 e. The number of fused-ring (bicyclic) bond motifs is 1. The number of nitrogens with zero attached hydrogens (tertiary/aromatic N) is 2. The number of carbonyl (C=O) groups excluding carboxylic acids is 3. The summed E-state index contributed by atoms with van der Waals surface area (Å²) < 4.78 is 4.94. The number of amides is 3. The van der Waals surface area contributed by atoms with Gasteiger partial charge in [0.05, 0.1) is 11.1 Å². The molecule has 1 N–H and O–H groups in total. The molecule has 7 nitrogen and oxygen atoms in total. The molecule has 0 aliphatic carbocycles. The number of rotatable bonds is 3. The van der Waals surface area contributed by atoms with Crippen LogP contribution < -0.4 is 10.2 Å². The fraction of sp³-hybridized carbons (Fsp3) is 0.0526. The van der Waals surface area contributed by atoms with E-state index in [2.05, 4.69) is 10.5 Å². The lowest BCUT2D eigenvalue weighted by Crippen LogP contribution is -2.29. The van der Waals surface area contributed by atoms with Crippen LogP contribution in [0, 0.1) is 6.92 Å². The number of para-hydroxylation sites is 1. The van der Waals surface area contributed by atoms with Crippen LogP contribution in [-0.4, -0.2) is 22.9 Å². The van der Waals surface area contributed by atoms with E-state index in [1.165, 1.54) is 24.3 Å². The van der Waals surface area contributed by atoms with Crippen molar-refractivity contribution in [3.63, 3.8) is 0 Å². The van der Waals surface area contributed by atoms with Gasteiger partial charge in [0.1, 0.15) is 5.76 Å². The Morgan fingerprint density at radius 2 is 1.73 bits per heavy atom. The van der Waals surface area contributed by atoms with Crippen molar-refractivity contribution >= 4 is 29.2 Å². The van der Waals surface area contributed by atoms with E-state index in [1.54, 1.807) is 31.2 Å². The molecule has 0 bridgehead atoms. The van der Waals surface area contributed by atoms with Crippen molar-refractivity contribution in [3.8, 4) is 0 Å². The molecule has 1 aliphatic heterocycles. The number of hydrogen-bond acceptors (Lipinski definition) is 5. The van der Waals surface area contributed by atoms with Gasteiger partial charge in [0.25, 0.3) is 17.7 Å². The van der Waals surface area contributed by atoms with Crippen molar-refractivity contribution in [1.29, 1.82) is 0 Å². The van der Waals surface area contributed by atoms with Crippen molar-refractivity contribution in [2.75, 3.05) is 10.2 Å². The summed E-state index contributed by atoms with van der Waals surface area (Å²) >= 11 is 0. The van der Waals surface area contributed by atoms with Gasteiger partial charge < -0.3 is 9.84 Å². The molecule has 0 saturated heterocycles. The normalized spacial score (nSPS) is 13.0. The van der Waals surface area contributed by atoms with Crippen LogP contribution in [0.3, 0.4) is 0 Å². The van der Waals surface area contributed by atoms with Crippen LogP contribution in [0.25, 0.3) is 0 Å². The van der Waals surface area contributed by atoms with E-state index in [0.29, 0.717) is 11.4 Å². The van der Waals surface area contributed by atoms with E-state index in [0.717, 1.165) is 4.90 Å². The molecule has 3 aromatic rings. The molecule has 128 valence electrons. The van der Waals surface area contributed by atoms with Crippen LogP contribution in [0.4, 0.5) is 11.5 Å². The summed E-state index contributed by atoms with van der Waals surface area (Å²) in [6.45, 7) is 1.67. The van der Waals surface area contributed by atoms with Gasteiger partial charge in [-0.3, -0.25) is 14.4 Å². The van der Waals surface area contributed by atoms with E-state index in [4.69, 9.17) is 4.52 Å². The SMILES string of the molecule is Cc1cc(N2C(=O)c3ccc(C(=O)Nc4ccccc4)cc3C2=O)no1. The average molecular weight is 347 g/mol. The third-order valence-electron chi connectivity index (χ3n) is 4.03. The van der Waals surface area contributed by atoms with Crippen LogP contribution in [0.5, 0.6) is 0 Å². The second kappa shape index (κ2) is 5.96. The molecule has 0 fully saturated rings. The first-order valence-electron chi connectivity index (χ1n) is 7.87. The van der Waals surface area contributed by atoms with Crippen molar-refractivity contribution in [3.05, 3.63) is 77.0 Å². The van der Waals surface area contributed by atoms with Gasteiger partial charge in [-0.25, -0.2) is 4.90 Å². The number of aryl methyl sites for hydroxylation is 1. The molecule has 1 aliphatic rings. The van der Waals surface area contributed by atoms with E-state index < -0.39 is 11.8 Å². The van der Waals surface area contributed by atoms with Crippen LogP contribution >= 0.6 is 0 Å². The zero-order chi connectivity index (χ0) is 18.3. The Bertz CT molecular complexity index is 1040. The number of anilines is 2. The minimum Gasteiger partial charge on any atom is -0.360 e. The van der Waals surface area contributed by atoms with Crippen molar-refractivity contribution < 1.29 is 18.9 Å². The maximum Gasteiger partial charge on any atom is 0.267 e. The minimum absolute atomic E-state index is 0.129. The summed E-state index contributed by atoms with van der Waals surface area (Å²) in [6, 6.07) is 14.9. The molecule has 7 heteroatoms. The van der Waals surface area contributed by atoms with E-state index >= 15 is 0 Å². The number of carbonyl (C=O) groups is 3. The third-order valence-corrected chi connectivity index (χ3v) is 4.03. The summed E-state index contributed by atoms with van der Waals surface area (Å²) in [5, 5.41) is 6.47. The zero-order valence-electron chi connectivity index (χ0n) is 13.7. The van der Waals surface area contributed by atoms with Gasteiger partial charge in [-0.05, 0) is 37.3 Å². The van der Waals surface area contributed by atoms with Crippen LogP contribution in [-0.2, 0) is 0 Å². The Balaban J connectivity index is 1.64. The molecule has 0 unspecified atom stereocenters. The lowest BCUT2D eigenvalue weighted by molar-refractivity contribution is 0.0923. The first-order valence-corrected chi connectivity index (χ1v) is 7.87. The molecule has 0 spiro atoms. The number of imide groups is 1. The second-order valence-electron chi connectivity index (χ2n) is 5.82. The molecular weight excluding hydrogens is 334 g/mol. The molecule has 0 saturated carbocycles. The first kappa shape index (κ1) is 15.8. The van der Waals surface area contributed by atoms with Gasteiger partial charge in [0.2, 0.25) is 0 Å². The van der Waals surface area contributed by atoms with Gasteiger partial charge in [-0.1, -0.05) is 23.4 Å². The highest BCUT2D eigenvalue weighted by molar-refractivity contribution is 6.34. The maximum atomic E-state index is 12.6. The highest BCUT2D eigenvalue weighted by atomic mass is 16.5. The summed E-state index contributed by atoms with van der Waals surface area (Å²) in [5.74, 6) is -0.778. The average Bonchev–Trinajstić information content (AvgIpc) is 3.17. The lowest BCUT2D eigenvalue weighted by Gasteiger charge is -2.08. The third kappa shape index (κ3) is 2.55. The number of nitrogens with one attached hydrogen (secondary N) is 1. The van der Waals surface area contributed by atoms with Gasteiger partial charge in [0.15, 0.2) is 5.82 Å². The monoisotopic (exact) mass is 347 g/mol. The Morgan fingerprint density at radius 1 is 1.00 bits per heavy atom. The van der Waals surface area contributed by atoms with Crippen molar-refractivity contribution in [2.24, 2.45) is 0 Å². The largest absolute Gasteiger partial charge is 0.360 e. The molecule has 4 rings (SSSR count). The number of aromatic nitrogens is 1. The van der Waals surface area contributed by atoms with Crippen molar-refractivity contribution in [2.45, 2.75) is 6.92 Å². The molecule has 0 atom stereocenters. The van der Waals surface area contributed by atoms with E-state index in [9.17, 15) is 14.4 Å². The summed E-state index contributed by atoms with van der Waals surface area (Å²) in [4.78, 5) is 38.5. The molecule has 2 aromatic carbocycles. The van der Waals surface area contributed by atoms with Crippen molar-refractivity contribution in [1.82, 2.24) is 5.16 Å². The molecule has 26 heavy (non-hydrogen) atoms. The van der Waals surface area contributed by atoms with E-state index in [1.807, 2.05) is 6.07 Å². The standard InChI is InChI=1S/C19H13N3O4/c1-11-9-16(21-26-11)22-18(24)14-8-7-12(10-15(14)19(22)25)17(23)20-13-5-3-2-4-6-13/h2-10H,1H3,(H,20,23). The maximum absolute atomic E-state index is 12.6. The van der Waals surface area contributed by atoms with Gasteiger partial charge >= 0.3 is 0 Å². The Labute approximate surface area is 148 Å². The summed E-state index contributed by atoms with van der Waals surface area (Å²) in [7, 11) is 0. The topological polar surface area (TPSA) is 92.5 Å². The molecular formula is C19H13N3O4. The Morgan fingerprint density at radius 3 is 2.42 bits per heavy atom. The summed E-state index contributed by atoms with van der Waals surface area (Å²) in [5.41, 5.74) is 1.32. The Hall–Kier alpha value is -3.74. The predicted octanol–water partition coefficient (Wildman–Crippen LogP) is 3.04. The summed E-state index contributed by atoms with van der Waals surface area (Å²) in [6.07, 6.45) is 0. The van der Waals surface area contributed by atoms with Crippen LogP contribution in [0.15, 0.2) is 59.1 Å². The minimum atomic E-state index is -0.535. The van der Waals surface area contributed by atoms with Crippen LogP contribution in [0.1, 0.15) is 36.8 Å². The zero-order valence-corrected chi connectivity index (χ0v) is 13.7. The lowest BCUT2D eigenvalue weighted by atomic mass is 10.1. The predicted molar refractivity (Wildman–Crippen MR) is 93.2 cm³/mol.